The van der Waals surface area contributed by atoms with Crippen LogP contribution in [0.4, 0.5) is 0 Å². The number of hydrogen-bond acceptors (Lipinski definition) is 2. The van der Waals surface area contributed by atoms with E-state index in [-0.39, 0.29) is 6.15 Å². The van der Waals surface area contributed by atoms with Crippen LogP contribution in [-0.4, -0.2) is 0 Å². The second-order valence-corrected chi connectivity index (χ2v) is 3.50. The predicted octanol–water partition coefficient (Wildman–Crippen LogP) is 3.29. The first-order chi connectivity index (χ1) is 6.83. The van der Waals surface area contributed by atoms with Crippen LogP contribution in [0.1, 0.15) is 36.5 Å². The Morgan fingerprint density at radius 1 is 1.40 bits per heavy atom. The Bertz CT molecular complexity index is 305. The van der Waals surface area contributed by atoms with Crippen molar-refractivity contribution in [1.82, 2.24) is 6.15 Å². The fourth-order valence-electron chi connectivity index (χ4n) is 1.70. The second kappa shape index (κ2) is 7.21. The lowest BCUT2D eigenvalue weighted by atomic mass is 9.97. The SMILES string of the molecule is C=Cc1cccc(CCCC)c1CN.N. The van der Waals surface area contributed by atoms with Crippen molar-refractivity contribution in [3.05, 3.63) is 41.5 Å². The third-order valence-corrected chi connectivity index (χ3v) is 2.53. The van der Waals surface area contributed by atoms with Crippen molar-refractivity contribution < 1.29 is 0 Å². The highest BCUT2D eigenvalue weighted by molar-refractivity contribution is 5.54. The molecule has 0 bridgehead atoms. The van der Waals surface area contributed by atoms with Gasteiger partial charge >= 0.3 is 0 Å². The molecule has 0 radical (unpaired) electrons. The first-order valence-electron chi connectivity index (χ1n) is 5.26. The van der Waals surface area contributed by atoms with Gasteiger partial charge in [-0.3, -0.25) is 0 Å². The third kappa shape index (κ3) is 3.50. The predicted molar refractivity (Wildman–Crippen MR) is 68.1 cm³/mol. The number of nitrogens with two attached hydrogens (primary N) is 1. The van der Waals surface area contributed by atoms with Gasteiger partial charge in [-0.25, -0.2) is 0 Å². The van der Waals surface area contributed by atoms with Crippen molar-refractivity contribution >= 4 is 6.08 Å². The fourth-order valence-corrected chi connectivity index (χ4v) is 1.70. The number of rotatable bonds is 5. The van der Waals surface area contributed by atoms with Gasteiger partial charge in [-0.15, -0.1) is 0 Å². The van der Waals surface area contributed by atoms with Gasteiger partial charge in [-0.05, 0) is 29.5 Å². The van der Waals surface area contributed by atoms with E-state index in [1.54, 1.807) is 0 Å². The van der Waals surface area contributed by atoms with Crippen molar-refractivity contribution in [3.63, 3.8) is 0 Å². The summed E-state index contributed by atoms with van der Waals surface area (Å²) in [5.41, 5.74) is 9.57. The Balaban J connectivity index is 0.00000196. The first-order valence-corrected chi connectivity index (χ1v) is 5.26. The molecule has 0 amide bonds. The normalized spacial score (nSPS) is 9.47. The molecule has 15 heavy (non-hydrogen) atoms. The molecule has 2 heteroatoms. The topological polar surface area (TPSA) is 61.0 Å². The van der Waals surface area contributed by atoms with Crippen molar-refractivity contribution in [1.29, 1.82) is 0 Å². The van der Waals surface area contributed by atoms with Crippen LogP contribution >= 0.6 is 0 Å². The quantitative estimate of drug-likeness (QED) is 0.776. The van der Waals surface area contributed by atoms with Gasteiger partial charge in [0.05, 0.1) is 0 Å². The van der Waals surface area contributed by atoms with E-state index in [0.717, 1.165) is 6.42 Å². The Labute approximate surface area is 92.8 Å². The van der Waals surface area contributed by atoms with Gasteiger partial charge in [0.25, 0.3) is 0 Å². The lowest BCUT2D eigenvalue weighted by molar-refractivity contribution is 0.785. The van der Waals surface area contributed by atoms with E-state index in [9.17, 15) is 0 Å². The van der Waals surface area contributed by atoms with Crippen molar-refractivity contribution in [3.8, 4) is 0 Å². The average molecular weight is 206 g/mol. The van der Waals surface area contributed by atoms with Crippen molar-refractivity contribution in [2.75, 3.05) is 0 Å². The van der Waals surface area contributed by atoms with Gasteiger partial charge in [-0.2, -0.15) is 0 Å². The Morgan fingerprint density at radius 2 is 2.13 bits per heavy atom. The van der Waals surface area contributed by atoms with Crippen LogP contribution < -0.4 is 11.9 Å². The molecule has 2 nitrogen and oxygen atoms in total. The molecule has 0 aliphatic carbocycles. The molecule has 0 aliphatic rings. The molecule has 0 saturated carbocycles. The molecule has 0 saturated heterocycles. The summed E-state index contributed by atoms with van der Waals surface area (Å²) in [7, 11) is 0. The molecule has 0 spiro atoms. The maximum absolute atomic E-state index is 5.75. The van der Waals surface area contributed by atoms with Gasteiger partial charge in [0.1, 0.15) is 0 Å². The Hall–Kier alpha value is -1.12. The molecule has 0 aromatic heterocycles. The van der Waals surface area contributed by atoms with E-state index < -0.39 is 0 Å². The minimum atomic E-state index is 0. The van der Waals surface area contributed by atoms with E-state index in [1.807, 2.05) is 6.08 Å². The van der Waals surface area contributed by atoms with Gasteiger partial charge in [0.2, 0.25) is 0 Å². The van der Waals surface area contributed by atoms with E-state index in [4.69, 9.17) is 5.73 Å². The Morgan fingerprint density at radius 3 is 2.67 bits per heavy atom. The standard InChI is InChI=1S/C13H19N.H3N/c1-3-5-7-12-9-6-8-11(4-2)13(12)10-14;/h4,6,8-9H,2-3,5,7,10,14H2,1H3;1H3. The molecule has 84 valence electrons. The maximum atomic E-state index is 5.75. The minimum Gasteiger partial charge on any atom is -0.344 e. The maximum Gasteiger partial charge on any atom is 0.0186 e. The molecule has 0 atom stereocenters. The smallest absolute Gasteiger partial charge is 0.0186 e. The van der Waals surface area contributed by atoms with Crippen LogP contribution in [0.2, 0.25) is 0 Å². The molecule has 0 heterocycles. The largest absolute Gasteiger partial charge is 0.344 e. The summed E-state index contributed by atoms with van der Waals surface area (Å²) >= 11 is 0. The van der Waals surface area contributed by atoms with Gasteiger partial charge in [0.15, 0.2) is 0 Å². The zero-order chi connectivity index (χ0) is 10.4. The van der Waals surface area contributed by atoms with E-state index >= 15 is 0 Å². The zero-order valence-electron chi connectivity index (χ0n) is 9.63. The lowest BCUT2D eigenvalue weighted by Gasteiger charge is -2.10. The molecule has 0 unspecified atom stereocenters. The third-order valence-electron chi connectivity index (χ3n) is 2.53. The number of benzene rings is 1. The van der Waals surface area contributed by atoms with Crippen LogP contribution in [0.25, 0.3) is 6.08 Å². The number of aryl methyl sites for hydroxylation is 1. The van der Waals surface area contributed by atoms with E-state index in [0.29, 0.717) is 6.54 Å². The van der Waals surface area contributed by atoms with Crippen LogP contribution in [-0.2, 0) is 13.0 Å². The van der Waals surface area contributed by atoms with Crippen molar-refractivity contribution in [2.24, 2.45) is 5.73 Å². The average Bonchev–Trinajstić information content (AvgIpc) is 2.25. The van der Waals surface area contributed by atoms with Crippen LogP contribution in [0, 0.1) is 0 Å². The van der Waals surface area contributed by atoms with Gasteiger partial charge in [-0.1, -0.05) is 44.2 Å². The lowest BCUT2D eigenvalue weighted by Crippen LogP contribution is -2.04. The van der Waals surface area contributed by atoms with Gasteiger partial charge < -0.3 is 11.9 Å². The molecule has 0 fully saturated rings. The summed E-state index contributed by atoms with van der Waals surface area (Å²) in [5, 5.41) is 0. The highest BCUT2D eigenvalue weighted by Crippen LogP contribution is 2.17. The zero-order valence-corrected chi connectivity index (χ0v) is 9.63. The molecular weight excluding hydrogens is 184 g/mol. The summed E-state index contributed by atoms with van der Waals surface area (Å²) in [6.45, 7) is 6.63. The molecule has 1 rings (SSSR count). The number of unbranched alkanes of at least 4 members (excludes halogenated alkanes) is 1. The molecule has 1 aromatic rings. The van der Waals surface area contributed by atoms with E-state index in [1.165, 1.54) is 29.5 Å². The van der Waals surface area contributed by atoms with Crippen LogP contribution in [0.5, 0.6) is 0 Å². The summed E-state index contributed by atoms with van der Waals surface area (Å²) < 4.78 is 0. The molecule has 5 N–H and O–H groups in total. The summed E-state index contributed by atoms with van der Waals surface area (Å²) in [6, 6.07) is 6.33. The summed E-state index contributed by atoms with van der Waals surface area (Å²) in [5.74, 6) is 0. The van der Waals surface area contributed by atoms with E-state index in [2.05, 4.69) is 31.7 Å². The van der Waals surface area contributed by atoms with Crippen molar-refractivity contribution in [2.45, 2.75) is 32.7 Å². The highest BCUT2D eigenvalue weighted by Gasteiger charge is 2.03. The second-order valence-electron chi connectivity index (χ2n) is 3.50. The number of hydrogen-bond donors (Lipinski definition) is 2. The molecule has 0 aliphatic heterocycles. The van der Waals surface area contributed by atoms with Crippen LogP contribution in [0.15, 0.2) is 24.8 Å². The molecular formula is C13H22N2. The molecule has 1 aromatic carbocycles. The monoisotopic (exact) mass is 206 g/mol. The van der Waals surface area contributed by atoms with Crippen LogP contribution in [0.3, 0.4) is 0 Å². The fraction of sp³-hybridized carbons (Fsp3) is 0.385. The van der Waals surface area contributed by atoms with Gasteiger partial charge in [0, 0.05) is 6.54 Å². The Kier molecular flexibility index (Phi) is 6.67. The summed E-state index contributed by atoms with van der Waals surface area (Å²) in [6.07, 6.45) is 5.47. The first kappa shape index (κ1) is 13.9. The minimum absolute atomic E-state index is 0. The highest BCUT2D eigenvalue weighted by atomic mass is 14.5. The summed E-state index contributed by atoms with van der Waals surface area (Å²) in [4.78, 5) is 0.